The molecule has 33 heavy (non-hydrogen) atoms. The van der Waals surface area contributed by atoms with Gasteiger partial charge in [-0.2, -0.15) is 0 Å². The summed E-state index contributed by atoms with van der Waals surface area (Å²) in [6.07, 6.45) is -0.240. The van der Waals surface area contributed by atoms with E-state index in [0.29, 0.717) is 24.5 Å². The lowest BCUT2D eigenvalue weighted by atomic mass is 9.66. The first-order chi connectivity index (χ1) is 15.5. The second-order valence-corrected chi connectivity index (χ2v) is 10.1. The van der Waals surface area contributed by atoms with Crippen LogP contribution in [-0.2, 0) is 21.7 Å². The normalized spacial score (nSPS) is 20.9. The van der Waals surface area contributed by atoms with E-state index < -0.39 is 23.2 Å². The van der Waals surface area contributed by atoms with Gasteiger partial charge in [0.25, 0.3) is 0 Å². The molecule has 0 aromatic heterocycles. The maximum absolute atomic E-state index is 13.4. The third-order valence-corrected chi connectivity index (χ3v) is 6.75. The van der Waals surface area contributed by atoms with Crippen LogP contribution in [0.15, 0.2) is 54.6 Å². The molecule has 0 unspecified atom stereocenters. The summed E-state index contributed by atoms with van der Waals surface area (Å²) in [5.41, 5.74) is -0.0419. The summed E-state index contributed by atoms with van der Waals surface area (Å²) in [5.74, 6) is -0.296. The van der Waals surface area contributed by atoms with Gasteiger partial charge in [0.1, 0.15) is 12.6 Å². The van der Waals surface area contributed by atoms with Crippen LogP contribution in [0.5, 0.6) is 0 Å². The Labute approximate surface area is 200 Å². The lowest BCUT2D eigenvalue weighted by Gasteiger charge is -2.51. The molecule has 2 N–H and O–H groups in total. The number of piperidine rings is 1. The summed E-state index contributed by atoms with van der Waals surface area (Å²) < 4.78 is 5.32. The van der Waals surface area contributed by atoms with Crippen molar-refractivity contribution in [2.75, 3.05) is 13.1 Å². The third kappa shape index (κ3) is 5.68. The van der Waals surface area contributed by atoms with Gasteiger partial charge < -0.3 is 20.1 Å². The molecule has 0 radical (unpaired) electrons. The first kappa shape index (κ1) is 25.1. The van der Waals surface area contributed by atoms with Crippen molar-refractivity contribution in [2.45, 2.75) is 52.4 Å². The molecule has 1 aliphatic heterocycles. The van der Waals surface area contributed by atoms with Gasteiger partial charge in [0.2, 0.25) is 5.91 Å². The first-order valence-electron chi connectivity index (χ1n) is 11.3. The fourth-order valence-electron chi connectivity index (χ4n) is 4.37. The number of benzene rings is 2. The van der Waals surface area contributed by atoms with Gasteiger partial charge in [-0.15, -0.1) is 0 Å². The van der Waals surface area contributed by atoms with E-state index in [0.717, 1.165) is 11.1 Å². The van der Waals surface area contributed by atoms with Crippen LogP contribution < -0.4 is 5.32 Å². The SMILES string of the molecule is CC(C)[C@@H](NC(=O)OCc1ccccc1)C(=O)N1CC[C@](O)(c2ccc(Cl)cc2)C(C)(C)C1. The maximum Gasteiger partial charge on any atom is 0.408 e. The Bertz CT molecular complexity index is 962. The van der Waals surface area contributed by atoms with E-state index in [2.05, 4.69) is 5.32 Å². The van der Waals surface area contributed by atoms with Crippen molar-refractivity contribution in [3.05, 3.63) is 70.7 Å². The van der Waals surface area contributed by atoms with Crippen LogP contribution in [0.1, 0.15) is 45.2 Å². The zero-order chi connectivity index (χ0) is 24.2. The Balaban J connectivity index is 1.67. The Morgan fingerprint density at radius 3 is 2.33 bits per heavy atom. The van der Waals surface area contributed by atoms with Crippen molar-refractivity contribution in [1.82, 2.24) is 10.2 Å². The number of amides is 2. The molecule has 2 aromatic carbocycles. The fraction of sp³-hybridized carbons (Fsp3) is 0.462. The van der Waals surface area contributed by atoms with Crippen molar-refractivity contribution >= 4 is 23.6 Å². The lowest BCUT2D eigenvalue weighted by Crippen LogP contribution is -2.60. The van der Waals surface area contributed by atoms with Gasteiger partial charge in [-0.3, -0.25) is 4.79 Å². The number of aliphatic hydroxyl groups is 1. The largest absolute Gasteiger partial charge is 0.445 e. The molecular weight excluding hydrogens is 440 g/mol. The molecule has 0 bridgehead atoms. The topological polar surface area (TPSA) is 78.9 Å². The third-order valence-electron chi connectivity index (χ3n) is 6.50. The number of ether oxygens (including phenoxy) is 1. The minimum atomic E-state index is -1.09. The molecule has 3 rings (SSSR count). The average molecular weight is 473 g/mol. The molecule has 2 amide bonds. The van der Waals surface area contributed by atoms with Crippen LogP contribution in [0.2, 0.25) is 5.02 Å². The van der Waals surface area contributed by atoms with Gasteiger partial charge in [-0.1, -0.05) is 81.8 Å². The number of halogens is 1. The number of hydrogen-bond donors (Lipinski definition) is 2. The highest BCUT2D eigenvalue weighted by molar-refractivity contribution is 6.30. The number of nitrogens with zero attached hydrogens (tertiary/aromatic N) is 1. The van der Waals surface area contributed by atoms with Gasteiger partial charge >= 0.3 is 6.09 Å². The first-order valence-corrected chi connectivity index (χ1v) is 11.7. The molecule has 2 atom stereocenters. The highest BCUT2D eigenvalue weighted by Crippen LogP contribution is 2.46. The van der Waals surface area contributed by atoms with Crippen LogP contribution in [-0.4, -0.2) is 41.1 Å². The summed E-state index contributed by atoms with van der Waals surface area (Å²) in [4.78, 5) is 27.5. The summed E-state index contributed by atoms with van der Waals surface area (Å²) in [5, 5.41) is 14.9. The molecule has 0 saturated carbocycles. The number of alkyl carbamates (subject to hydrolysis) is 1. The second kappa shape index (κ2) is 10.1. The highest BCUT2D eigenvalue weighted by Gasteiger charge is 2.50. The number of hydrogen-bond acceptors (Lipinski definition) is 4. The minimum Gasteiger partial charge on any atom is -0.445 e. The van der Waals surface area contributed by atoms with Gasteiger partial charge in [0.15, 0.2) is 0 Å². The molecule has 1 aliphatic rings. The molecule has 1 fully saturated rings. The Kier molecular flexibility index (Phi) is 7.70. The highest BCUT2D eigenvalue weighted by atomic mass is 35.5. The summed E-state index contributed by atoms with van der Waals surface area (Å²) >= 11 is 6.02. The molecule has 1 saturated heterocycles. The average Bonchev–Trinajstić information content (AvgIpc) is 2.78. The van der Waals surface area contributed by atoms with Gasteiger partial charge in [-0.25, -0.2) is 4.79 Å². The van der Waals surface area contributed by atoms with E-state index in [-0.39, 0.29) is 18.4 Å². The molecule has 7 heteroatoms. The van der Waals surface area contributed by atoms with Crippen LogP contribution in [0.3, 0.4) is 0 Å². The van der Waals surface area contributed by atoms with Crippen LogP contribution in [0.25, 0.3) is 0 Å². The smallest absolute Gasteiger partial charge is 0.408 e. The van der Waals surface area contributed by atoms with Crippen LogP contribution >= 0.6 is 11.6 Å². The number of likely N-dealkylation sites (tertiary alicyclic amines) is 1. The Hall–Kier alpha value is -2.57. The monoisotopic (exact) mass is 472 g/mol. The molecular formula is C26H33ClN2O4. The quantitative estimate of drug-likeness (QED) is 0.636. The number of rotatable bonds is 6. The predicted octanol–water partition coefficient (Wildman–Crippen LogP) is 4.74. The van der Waals surface area contributed by atoms with Crippen molar-refractivity contribution in [3.63, 3.8) is 0 Å². The molecule has 2 aromatic rings. The molecule has 0 aliphatic carbocycles. The zero-order valence-corrected chi connectivity index (χ0v) is 20.4. The van der Waals surface area contributed by atoms with Crippen molar-refractivity contribution < 1.29 is 19.4 Å². The minimum absolute atomic E-state index is 0.123. The van der Waals surface area contributed by atoms with E-state index in [1.165, 1.54) is 0 Å². The summed E-state index contributed by atoms with van der Waals surface area (Å²) in [6.45, 7) is 8.55. The molecule has 0 spiro atoms. The molecule has 178 valence electrons. The van der Waals surface area contributed by atoms with Crippen molar-refractivity contribution in [2.24, 2.45) is 11.3 Å². The van der Waals surface area contributed by atoms with Crippen LogP contribution in [0, 0.1) is 11.3 Å². The van der Waals surface area contributed by atoms with Gasteiger partial charge in [-0.05, 0) is 35.6 Å². The fourth-order valence-corrected chi connectivity index (χ4v) is 4.50. The number of carbonyl (C=O) groups is 2. The predicted molar refractivity (Wildman–Crippen MR) is 129 cm³/mol. The van der Waals surface area contributed by atoms with Gasteiger partial charge in [0.05, 0.1) is 5.60 Å². The second-order valence-electron chi connectivity index (χ2n) is 9.69. The Morgan fingerprint density at radius 1 is 1.12 bits per heavy atom. The van der Waals surface area contributed by atoms with E-state index in [1.807, 2.05) is 70.2 Å². The van der Waals surface area contributed by atoms with E-state index >= 15 is 0 Å². The summed E-state index contributed by atoms with van der Waals surface area (Å²) in [6, 6.07) is 15.9. The number of nitrogens with one attached hydrogen (secondary N) is 1. The van der Waals surface area contributed by atoms with E-state index in [1.54, 1.807) is 17.0 Å². The zero-order valence-electron chi connectivity index (χ0n) is 19.7. The maximum atomic E-state index is 13.4. The summed E-state index contributed by atoms with van der Waals surface area (Å²) in [7, 11) is 0. The van der Waals surface area contributed by atoms with Crippen molar-refractivity contribution in [1.29, 1.82) is 0 Å². The standard InChI is InChI=1S/C26H33ClN2O4/c1-18(2)22(28-24(31)33-16-19-8-6-5-7-9-19)23(30)29-15-14-26(32,25(3,4)17-29)20-10-12-21(27)13-11-20/h5-13,18,22,32H,14-17H2,1-4H3,(H,28,31)/t22-,26+/m1/s1. The van der Waals surface area contributed by atoms with Gasteiger partial charge in [0, 0.05) is 23.5 Å². The Morgan fingerprint density at radius 2 is 1.76 bits per heavy atom. The molecule has 6 nitrogen and oxygen atoms in total. The number of carbonyl (C=O) groups excluding carboxylic acids is 2. The van der Waals surface area contributed by atoms with E-state index in [4.69, 9.17) is 16.3 Å². The van der Waals surface area contributed by atoms with E-state index in [9.17, 15) is 14.7 Å². The van der Waals surface area contributed by atoms with Crippen molar-refractivity contribution in [3.8, 4) is 0 Å². The van der Waals surface area contributed by atoms with Crippen LogP contribution in [0.4, 0.5) is 4.79 Å². The molecule has 1 heterocycles. The lowest BCUT2D eigenvalue weighted by molar-refractivity contribution is -0.155.